The number of esters is 4. The van der Waals surface area contributed by atoms with E-state index >= 15 is 0 Å². The lowest BCUT2D eigenvalue weighted by Crippen LogP contribution is -2.08. The first-order valence-electron chi connectivity index (χ1n) is 28.6. The predicted octanol–water partition coefficient (Wildman–Crippen LogP) is 12.7. The number of carbonyl (C=O) groups excluding carboxylic acids is 4. The molecule has 0 fully saturated rings. The maximum atomic E-state index is 13.3. The number of H-pyrrole nitrogens is 2. The number of rotatable bonds is 12. The summed E-state index contributed by atoms with van der Waals surface area (Å²) in [5, 5.41) is 120. The Morgan fingerprint density at radius 3 is 0.615 bits per heavy atom. The zero-order valence-corrected chi connectivity index (χ0v) is 49.0. The van der Waals surface area contributed by atoms with Crippen LogP contribution in [0.15, 0.2) is 170 Å². The molecule has 11 aromatic rings. The van der Waals surface area contributed by atoms with E-state index in [1.165, 1.54) is 48.5 Å². The fraction of sp³-hybridized carbons (Fsp3) is 0. The molecule has 13 rings (SSSR count). The van der Waals surface area contributed by atoms with Crippen molar-refractivity contribution in [2.24, 2.45) is 0 Å². The van der Waals surface area contributed by atoms with E-state index in [0.29, 0.717) is 89.4 Å². The summed E-state index contributed by atoms with van der Waals surface area (Å²) in [6, 6.07) is 40.4. The van der Waals surface area contributed by atoms with Crippen LogP contribution < -0.4 is 18.9 Å². The number of aromatic amines is 2. The summed E-state index contributed by atoms with van der Waals surface area (Å²) in [4.78, 5) is 71.0. The average Bonchev–Trinajstić information content (AvgIpc) is 1.61. The maximum Gasteiger partial charge on any atom is 0.343 e. The van der Waals surface area contributed by atoms with E-state index in [-0.39, 0.29) is 45.3 Å². The SMILES string of the molecule is O=C(Oc1ccc(-c2c3nc(c(-c4ccc(OC(=O)c5cc(O)c(O)c(O)c5)cc4)c4ccc([nH]4)c(-c4ccc(OC(=O)c5cc(O)c(O)c(O)c5)cc4)c4nc(c(-c5ccc(OC(=O)c6cc(O)c(O)c(O)c6)cc5)c5ccc2[nH]5)C=C4)C=C3)cc1)c1cc(O)c(O)c(O)c1. The molecule has 0 unspecified atom stereocenters. The van der Waals surface area contributed by atoms with Crippen LogP contribution in [-0.2, 0) is 0 Å². The van der Waals surface area contributed by atoms with Crippen LogP contribution in [0, 0.1) is 0 Å². The van der Waals surface area contributed by atoms with Gasteiger partial charge in [0.2, 0.25) is 0 Å². The second kappa shape index (κ2) is 24.2. The van der Waals surface area contributed by atoms with Gasteiger partial charge in [-0.05, 0) is 168 Å². The Balaban J connectivity index is 0.991. The Bertz CT molecular complexity index is 4580. The van der Waals surface area contributed by atoms with Crippen molar-refractivity contribution >= 4 is 70.2 Å². The molecule has 5 heterocycles. The first-order valence-corrected chi connectivity index (χ1v) is 28.6. The molecule has 2 aliphatic heterocycles. The zero-order chi connectivity index (χ0) is 67.4. The molecular weight excluding hydrogens is 1240 g/mol. The number of aromatic nitrogens is 4. The van der Waals surface area contributed by atoms with Gasteiger partial charge < -0.3 is 90.2 Å². The third-order valence-electron chi connectivity index (χ3n) is 15.4. The number of hydrogen-bond acceptors (Lipinski definition) is 22. The van der Waals surface area contributed by atoms with Gasteiger partial charge >= 0.3 is 23.9 Å². The van der Waals surface area contributed by atoms with Crippen molar-refractivity contribution in [3.63, 3.8) is 0 Å². The topological polar surface area (TPSA) is 405 Å². The third-order valence-corrected chi connectivity index (χ3v) is 15.4. The van der Waals surface area contributed by atoms with Crippen LogP contribution >= 0.6 is 0 Å². The molecule has 474 valence electrons. The van der Waals surface area contributed by atoms with E-state index in [1.807, 2.05) is 24.3 Å². The molecule has 3 aromatic heterocycles. The summed E-state index contributed by atoms with van der Waals surface area (Å²) in [6.45, 7) is 0. The number of carbonyl (C=O) groups is 4. The quantitative estimate of drug-likeness (QED) is 0.0307. The Morgan fingerprint density at radius 2 is 0.438 bits per heavy atom. The van der Waals surface area contributed by atoms with Crippen LogP contribution in [0.3, 0.4) is 0 Å². The standard InChI is InChI=1S/C72H46N4O20/c77-53-25-37(26-54(78)65(53)85)69(89)93-41-9-1-33(2-10-41)61-45-17-19-47(73-45)62(34-3-11-42(12-4-34)94-70(90)38-27-55(79)66(86)56(80)28-38)49-21-23-51(75-49)64(36-7-15-44(16-8-36)96-72(92)40-31-59(83)68(88)60(84)32-40)52-24-22-50(76-52)63(48-20-18-46(61)74-48)35-5-13-43(14-6-35)95-71(91)39-29-57(81)67(87)58(82)30-39/h1-32,73,76-88H. The minimum atomic E-state index is -0.961. The highest BCUT2D eigenvalue weighted by Crippen LogP contribution is 2.43. The number of benzene rings is 8. The van der Waals surface area contributed by atoms with Gasteiger partial charge in [-0.2, -0.15) is 0 Å². The highest BCUT2D eigenvalue weighted by molar-refractivity contribution is 6.01. The van der Waals surface area contributed by atoms with Crippen molar-refractivity contribution in [2.75, 3.05) is 0 Å². The molecule has 0 saturated carbocycles. The minimum Gasteiger partial charge on any atom is -0.504 e. The van der Waals surface area contributed by atoms with Gasteiger partial charge in [-0.15, -0.1) is 0 Å². The van der Waals surface area contributed by atoms with Crippen molar-refractivity contribution in [1.82, 2.24) is 19.9 Å². The van der Waals surface area contributed by atoms with Crippen LogP contribution in [0.25, 0.3) is 90.9 Å². The zero-order valence-electron chi connectivity index (χ0n) is 49.0. The predicted molar refractivity (Wildman–Crippen MR) is 346 cm³/mol. The van der Waals surface area contributed by atoms with Crippen LogP contribution in [0.1, 0.15) is 64.2 Å². The largest absolute Gasteiger partial charge is 0.504 e. The van der Waals surface area contributed by atoms with Crippen molar-refractivity contribution in [2.45, 2.75) is 0 Å². The number of phenols is 12. The van der Waals surface area contributed by atoms with E-state index in [2.05, 4.69) is 9.97 Å². The first-order chi connectivity index (χ1) is 46.1. The number of aromatic hydroxyl groups is 12. The monoisotopic (exact) mass is 1290 g/mol. The normalized spacial score (nSPS) is 11.5. The number of fused-ring (bicyclic) bond motifs is 8. The molecule has 0 saturated heterocycles. The molecule has 24 nitrogen and oxygen atoms in total. The van der Waals surface area contributed by atoms with E-state index in [1.54, 1.807) is 72.8 Å². The van der Waals surface area contributed by atoms with E-state index in [4.69, 9.17) is 28.9 Å². The van der Waals surface area contributed by atoms with E-state index < -0.39 is 92.9 Å². The van der Waals surface area contributed by atoms with Crippen molar-refractivity contribution in [3.05, 3.63) is 215 Å². The second-order valence-electron chi connectivity index (χ2n) is 21.6. The second-order valence-corrected chi connectivity index (χ2v) is 21.6. The molecule has 8 bridgehead atoms. The van der Waals surface area contributed by atoms with Gasteiger partial charge in [-0.1, -0.05) is 48.5 Å². The molecule has 0 atom stereocenters. The summed E-state index contributed by atoms with van der Waals surface area (Å²) in [5.41, 5.74) is 7.00. The first kappa shape index (κ1) is 60.7. The molecule has 14 N–H and O–H groups in total. The van der Waals surface area contributed by atoms with Crippen LogP contribution in [0.2, 0.25) is 0 Å². The Hall–Kier alpha value is -14.2. The summed E-state index contributed by atoms with van der Waals surface area (Å²) in [6.07, 6.45) is 7.16. The van der Waals surface area contributed by atoms with Gasteiger partial charge in [0.05, 0.1) is 45.0 Å². The molecule has 0 spiro atoms. The van der Waals surface area contributed by atoms with Crippen molar-refractivity contribution in [1.29, 1.82) is 0 Å². The lowest BCUT2D eigenvalue weighted by atomic mass is 10.0. The van der Waals surface area contributed by atoms with Gasteiger partial charge in [0.1, 0.15) is 23.0 Å². The molecule has 8 aromatic carbocycles. The summed E-state index contributed by atoms with van der Waals surface area (Å²) in [7, 11) is 0. The summed E-state index contributed by atoms with van der Waals surface area (Å²) < 4.78 is 22.5. The molecule has 0 amide bonds. The summed E-state index contributed by atoms with van der Waals surface area (Å²) in [5.74, 6) is -12.8. The number of nitrogens with zero attached hydrogens (tertiary/aromatic N) is 2. The van der Waals surface area contributed by atoms with Crippen LogP contribution in [0.4, 0.5) is 0 Å². The lowest BCUT2D eigenvalue weighted by molar-refractivity contribution is 0.0724. The molecule has 0 radical (unpaired) electrons. The fourth-order valence-corrected chi connectivity index (χ4v) is 10.7. The van der Waals surface area contributed by atoms with Gasteiger partial charge in [0, 0.05) is 44.3 Å². The van der Waals surface area contributed by atoms with Crippen molar-refractivity contribution in [3.8, 4) is 136 Å². The van der Waals surface area contributed by atoms with Crippen molar-refractivity contribution < 1.29 is 99.4 Å². The number of nitrogens with one attached hydrogen (secondary N) is 2. The molecule has 0 aliphatic carbocycles. The maximum absolute atomic E-state index is 13.3. The number of phenolic OH excluding ortho intramolecular Hbond substituents is 12. The third kappa shape index (κ3) is 11.7. The lowest BCUT2D eigenvalue weighted by Gasteiger charge is -2.10. The van der Waals surface area contributed by atoms with Crippen LogP contribution in [0.5, 0.6) is 92.0 Å². The Labute approximate surface area is 538 Å². The van der Waals surface area contributed by atoms with Gasteiger partial charge in [-0.25, -0.2) is 29.1 Å². The Morgan fingerprint density at radius 1 is 0.260 bits per heavy atom. The molecule has 24 heteroatoms. The smallest absolute Gasteiger partial charge is 0.343 e. The number of ether oxygens (including phenoxy) is 4. The fourth-order valence-electron chi connectivity index (χ4n) is 10.7. The van der Waals surface area contributed by atoms with Gasteiger partial charge in [0.25, 0.3) is 0 Å². The summed E-state index contributed by atoms with van der Waals surface area (Å²) >= 11 is 0. The number of hydrogen-bond donors (Lipinski definition) is 14. The Kier molecular flexibility index (Phi) is 15.3. The highest BCUT2D eigenvalue weighted by Gasteiger charge is 2.24. The molecular formula is C72H46N4O20. The van der Waals surface area contributed by atoms with Gasteiger partial charge in [0.15, 0.2) is 69.0 Å². The highest BCUT2D eigenvalue weighted by atomic mass is 16.5. The molecule has 96 heavy (non-hydrogen) atoms. The van der Waals surface area contributed by atoms with E-state index in [0.717, 1.165) is 48.5 Å². The average molecular weight is 1290 g/mol. The van der Waals surface area contributed by atoms with Gasteiger partial charge in [-0.3, -0.25) is 0 Å². The van der Waals surface area contributed by atoms with E-state index in [9.17, 15) is 80.5 Å². The minimum absolute atomic E-state index is 0.0618. The van der Waals surface area contributed by atoms with Crippen LogP contribution in [-0.4, -0.2) is 105 Å². The molecule has 2 aliphatic rings.